The molecule has 45 heavy (non-hydrogen) atoms. The number of aryl methyl sites for hydroxylation is 1. The van der Waals surface area contributed by atoms with Gasteiger partial charge in [-0.15, -0.1) is 0 Å². The van der Waals surface area contributed by atoms with Gasteiger partial charge >= 0.3 is 5.97 Å². The van der Waals surface area contributed by atoms with Crippen molar-refractivity contribution in [2.24, 2.45) is 5.16 Å². The first-order chi connectivity index (χ1) is 21.9. The molecule has 1 aromatic heterocycles. The first kappa shape index (κ1) is 29.4. The number of rotatable bonds is 9. The van der Waals surface area contributed by atoms with Crippen molar-refractivity contribution in [2.45, 2.75) is 20.4 Å². The zero-order valence-corrected chi connectivity index (χ0v) is 25.7. The Morgan fingerprint density at radius 1 is 0.711 bits per heavy atom. The van der Waals surface area contributed by atoms with Crippen LogP contribution in [0.25, 0.3) is 32.6 Å². The van der Waals surface area contributed by atoms with Crippen molar-refractivity contribution in [3.63, 3.8) is 0 Å². The minimum Gasteiger partial charge on any atom is -0.497 e. The Hall–Kier alpha value is -5.63. The number of ether oxygens (including phenoxy) is 3. The quantitative estimate of drug-likeness (QED) is 0.0737. The normalized spacial score (nSPS) is 11.6. The number of hydrogen-bond acceptors (Lipinski definition) is 7. The number of ketones is 1. The molecule has 1 heterocycles. The summed E-state index contributed by atoms with van der Waals surface area (Å²) in [6.45, 7) is 4.11. The zero-order valence-electron chi connectivity index (χ0n) is 25.7. The molecule has 0 aliphatic heterocycles. The van der Waals surface area contributed by atoms with E-state index in [-0.39, 0.29) is 5.78 Å². The number of carbonyl (C=O) groups excluding carboxylic acids is 2. The molecule has 0 fully saturated rings. The highest BCUT2D eigenvalue weighted by Gasteiger charge is 2.22. The first-order valence-electron chi connectivity index (χ1n) is 14.5. The monoisotopic (exact) mass is 600 g/mol. The lowest BCUT2D eigenvalue weighted by Crippen LogP contribution is -2.08. The van der Waals surface area contributed by atoms with E-state index in [1.165, 1.54) is 6.92 Å². The zero-order chi connectivity index (χ0) is 31.7. The third-order valence-corrected chi connectivity index (χ3v) is 7.98. The Labute approximate surface area is 260 Å². The van der Waals surface area contributed by atoms with E-state index in [1.807, 2.05) is 78.9 Å². The molecule has 8 nitrogen and oxygen atoms in total. The van der Waals surface area contributed by atoms with E-state index in [0.29, 0.717) is 45.2 Å². The summed E-state index contributed by atoms with van der Waals surface area (Å²) in [5.74, 6) is 0.976. The van der Waals surface area contributed by atoms with Crippen LogP contribution in [-0.4, -0.2) is 43.4 Å². The highest BCUT2D eigenvalue weighted by atomic mass is 16.7. The van der Waals surface area contributed by atoms with E-state index >= 15 is 0 Å². The number of nitrogens with zero attached hydrogens (tertiary/aromatic N) is 2. The largest absolute Gasteiger partial charge is 0.497 e. The fourth-order valence-electron chi connectivity index (χ4n) is 5.89. The SMILES string of the molecule is CCn1c2ccc(C(=O)c3c(OC)ccc4ccccc34)cc2c2cc(/C(=N\OC(C)=O)c3ccc(OC)cc3OC)ccc21. The van der Waals surface area contributed by atoms with Gasteiger partial charge in [0.1, 0.15) is 23.0 Å². The fourth-order valence-corrected chi connectivity index (χ4v) is 5.89. The summed E-state index contributed by atoms with van der Waals surface area (Å²) in [5, 5.41) is 7.87. The summed E-state index contributed by atoms with van der Waals surface area (Å²) in [6.07, 6.45) is 0. The number of oxime groups is 1. The van der Waals surface area contributed by atoms with Gasteiger partial charge in [-0.1, -0.05) is 41.6 Å². The Balaban J connectivity index is 1.55. The van der Waals surface area contributed by atoms with Crippen molar-refractivity contribution >= 4 is 50.0 Å². The number of methoxy groups -OCH3 is 3. The Morgan fingerprint density at radius 2 is 1.40 bits per heavy atom. The van der Waals surface area contributed by atoms with Crippen LogP contribution in [0.4, 0.5) is 0 Å². The molecule has 0 atom stereocenters. The Kier molecular flexibility index (Phi) is 7.96. The van der Waals surface area contributed by atoms with E-state index < -0.39 is 5.97 Å². The number of fused-ring (bicyclic) bond motifs is 4. The maximum atomic E-state index is 14.1. The van der Waals surface area contributed by atoms with E-state index in [0.717, 1.165) is 39.1 Å². The smallest absolute Gasteiger partial charge is 0.332 e. The van der Waals surface area contributed by atoms with Gasteiger partial charge in [-0.05, 0) is 66.2 Å². The molecule has 226 valence electrons. The fraction of sp³-hybridized carbons (Fsp3) is 0.162. The first-order valence-corrected chi connectivity index (χ1v) is 14.5. The minimum absolute atomic E-state index is 0.126. The maximum absolute atomic E-state index is 14.1. The third-order valence-electron chi connectivity index (χ3n) is 7.98. The number of carbonyl (C=O) groups is 2. The predicted octanol–water partition coefficient (Wildman–Crippen LogP) is 7.54. The van der Waals surface area contributed by atoms with E-state index in [4.69, 9.17) is 19.0 Å². The van der Waals surface area contributed by atoms with Crippen molar-refractivity contribution < 1.29 is 28.6 Å². The summed E-state index contributed by atoms with van der Waals surface area (Å²) < 4.78 is 18.9. The molecule has 0 aliphatic carbocycles. The molecule has 0 saturated carbocycles. The van der Waals surface area contributed by atoms with Crippen LogP contribution in [0.15, 0.2) is 96.2 Å². The molecule has 0 saturated heterocycles. The van der Waals surface area contributed by atoms with Crippen molar-refractivity contribution in [2.75, 3.05) is 21.3 Å². The van der Waals surface area contributed by atoms with Crippen molar-refractivity contribution in [3.8, 4) is 17.2 Å². The molecule has 0 spiro atoms. The molecule has 6 aromatic rings. The predicted molar refractivity (Wildman–Crippen MR) is 176 cm³/mol. The van der Waals surface area contributed by atoms with Crippen LogP contribution in [0.3, 0.4) is 0 Å². The third kappa shape index (κ3) is 5.25. The highest BCUT2D eigenvalue weighted by molar-refractivity contribution is 6.21. The topological polar surface area (TPSA) is 88.4 Å². The second-order valence-corrected chi connectivity index (χ2v) is 10.5. The van der Waals surface area contributed by atoms with Gasteiger partial charge in [-0.2, -0.15) is 0 Å². The maximum Gasteiger partial charge on any atom is 0.332 e. The molecule has 6 rings (SSSR count). The summed E-state index contributed by atoms with van der Waals surface area (Å²) in [7, 11) is 4.71. The molecule has 8 heteroatoms. The number of benzene rings is 5. The second-order valence-electron chi connectivity index (χ2n) is 10.5. The van der Waals surface area contributed by atoms with Gasteiger partial charge in [-0.25, -0.2) is 4.79 Å². The van der Waals surface area contributed by atoms with Gasteiger partial charge in [0.05, 0.1) is 26.9 Å². The summed E-state index contributed by atoms with van der Waals surface area (Å²) in [4.78, 5) is 31.1. The molecule has 0 N–H and O–H groups in total. The lowest BCUT2D eigenvalue weighted by atomic mass is 9.95. The lowest BCUT2D eigenvalue weighted by Gasteiger charge is -2.13. The van der Waals surface area contributed by atoms with Crippen molar-refractivity contribution in [3.05, 3.63) is 113 Å². The van der Waals surface area contributed by atoms with Crippen molar-refractivity contribution in [1.29, 1.82) is 0 Å². The minimum atomic E-state index is -0.546. The second kappa shape index (κ2) is 12.2. The molecule has 0 unspecified atom stereocenters. The molecular weight excluding hydrogens is 568 g/mol. The molecule has 0 bridgehead atoms. The molecule has 0 amide bonds. The average molecular weight is 601 g/mol. The molecule has 0 aliphatic rings. The summed E-state index contributed by atoms with van der Waals surface area (Å²) >= 11 is 0. The van der Waals surface area contributed by atoms with Crippen LogP contribution in [0.1, 0.15) is 40.9 Å². The van der Waals surface area contributed by atoms with Gasteiger partial charge < -0.3 is 23.6 Å². The number of aromatic nitrogens is 1. The van der Waals surface area contributed by atoms with Gasteiger partial charge in [0, 0.05) is 58.0 Å². The molecule has 0 radical (unpaired) electrons. The lowest BCUT2D eigenvalue weighted by molar-refractivity contribution is -0.140. The van der Waals surface area contributed by atoms with Crippen LogP contribution in [0, 0.1) is 0 Å². The van der Waals surface area contributed by atoms with E-state index in [2.05, 4.69) is 16.6 Å². The highest BCUT2D eigenvalue weighted by Crippen LogP contribution is 2.35. The molecular formula is C37H32N2O6. The van der Waals surface area contributed by atoms with Crippen molar-refractivity contribution in [1.82, 2.24) is 4.57 Å². The van der Waals surface area contributed by atoms with Crippen LogP contribution < -0.4 is 14.2 Å². The van der Waals surface area contributed by atoms with Crippen LogP contribution in [-0.2, 0) is 16.2 Å². The Morgan fingerprint density at radius 3 is 2.07 bits per heavy atom. The van der Waals surface area contributed by atoms with Gasteiger partial charge in [-0.3, -0.25) is 4.79 Å². The van der Waals surface area contributed by atoms with Crippen LogP contribution in [0.2, 0.25) is 0 Å². The van der Waals surface area contributed by atoms with Gasteiger partial charge in [0.25, 0.3) is 0 Å². The summed E-state index contributed by atoms with van der Waals surface area (Å²) in [5.41, 5.74) is 4.80. The van der Waals surface area contributed by atoms with Gasteiger partial charge in [0.2, 0.25) is 0 Å². The standard InChI is InChI=1S/C37H32N2O6/c1-6-39-31-16-11-24(36(38-45-22(2)40)28-15-14-26(42-3)21-34(28)44-5)19-29(31)30-20-25(12-17-32(30)39)37(41)35-27-10-8-7-9-23(27)13-18-33(35)43-4/h7-21H,6H2,1-5H3/b38-36+. The van der Waals surface area contributed by atoms with Crippen LogP contribution >= 0.6 is 0 Å². The van der Waals surface area contributed by atoms with Crippen LogP contribution in [0.5, 0.6) is 17.2 Å². The van der Waals surface area contributed by atoms with E-state index in [9.17, 15) is 9.59 Å². The molecule has 5 aromatic carbocycles. The van der Waals surface area contributed by atoms with Gasteiger partial charge in [0.15, 0.2) is 5.78 Å². The average Bonchev–Trinajstić information content (AvgIpc) is 3.39. The Bertz CT molecular complexity index is 2140. The van der Waals surface area contributed by atoms with E-state index in [1.54, 1.807) is 33.5 Å². The summed E-state index contributed by atoms with van der Waals surface area (Å²) in [6, 6.07) is 28.7. The number of hydrogen-bond donors (Lipinski definition) is 0.